The third-order valence-electron chi connectivity index (χ3n) is 4.15. The van der Waals surface area contributed by atoms with Crippen LogP contribution < -0.4 is 32.9 Å². The van der Waals surface area contributed by atoms with Crippen LogP contribution in [-0.4, -0.2) is 6.16 Å². The molecule has 0 amide bonds. The van der Waals surface area contributed by atoms with Crippen LogP contribution in [0.1, 0.15) is 6.42 Å². The molecule has 0 fully saturated rings. The Labute approximate surface area is 155 Å². The van der Waals surface area contributed by atoms with E-state index >= 15 is 0 Å². The number of hydrogen-bond donors (Lipinski definition) is 0. The zero-order valence-corrected chi connectivity index (χ0v) is 15.8. The molecule has 0 saturated carbocycles. The summed E-state index contributed by atoms with van der Waals surface area (Å²) in [6, 6.07) is 34.4. The van der Waals surface area contributed by atoms with Crippen molar-refractivity contribution in [3.63, 3.8) is 0 Å². The van der Waals surface area contributed by atoms with Gasteiger partial charge in [0.1, 0.15) is 23.2 Å². The predicted octanol–water partition coefficient (Wildman–Crippen LogP) is 0.898. The van der Waals surface area contributed by atoms with Crippen molar-refractivity contribution in [2.24, 2.45) is 0 Å². The molecule has 0 saturated heterocycles. The summed E-state index contributed by atoms with van der Waals surface area (Å²) >= 11 is 0. The fraction of sp³-hybridized carbons (Fsp3) is 0.0952. The number of benzene rings is 3. The van der Waals surface area contributed by atoms with Crippen LogP contribution in [0.4, 0.5) is 0 Å². The minimum absolute atomic E-state index is 0. The van der Waals surface area contributed by atoms with Gasteiger partial charge in [-0.3, -0.25) is 0 Å². The smallest absolute Gasteiger partial charge is 0.113 e. The maximum Gasteiger partial charge on any atom is 0.113 e. The van der Waals surface area contributed by atoms with Crippen LogP contribution in [0.2, 0.25) is 0 Å². The molecule has 3 heteroatoms. The minimum Gasteiger partial charge on any atom is -1.00 e. The molecule has 3 aromatic rings. The van der Waals surface area contributed by atoms with Crippen molar-refractivity contribution in [3.8, 4) is 6.07 Å². The van der Waals surface area contributed by atoms with Gasteiger partial charge in [0.2, 0.25) is 0 Å². The maximum absolute atomic E-state index is 9.24. The van der Waals surface area contributed by atoms with E-state index < -0.39 is 7.26 Å². The van der Waals surface area contributed by atoms with E-state index in [0.29, 0.717) is 6.42 Å². The van der Waals surface area contributed by atoms with Crippen molar-refractivity contribution < 1.29 is 17.0 Å². The van der Waals surface area contributed by atoms with Crippen LogP contribution in [0, 0.1) is 11.3 Å². The van der Waals surface area contributed by atoms with Gasteiger partial charge in [-0.15, -0.1) is 0 Å². The highest BCUT2D eigenvalue weighted by atomic mass is 79.9. The van der Waals surface area contributed by atoms with Gasteiger partial charge in [-0.1, -0.05) is 54.6 Å². The lowest BCUT2D eigenvalue weighted by atomic mass is 10.2. The molecule has 0 aromatic heterocycles. The summed E-state index contributed by atoms with van der Waals surface area (Å²) in [6.07, 6.45) is 1.44. The van der Waals surface area contributed by atoms with E-state index in [-0.39, 0.29) is 17.0 Å². The zero-order chi connectivity index (χ0) is 16.0. The highest BCUT2D eigenvalue weighted by Gasteiger charge is 2.44. The first-order valence-corrected chi connectivity index (χ1v) is 9.77. The third-order valence-corrected chi connectivity index (χ3v) is 8.58. The summed E-state index contributed by atoms with van der Waals surface area (Å²) < 4.78 is 0. The predicted molar refractivity (Wildman–Crippen MR) is 100 cm³/mol. The van der Waals surface area contributed by atoms with E-state index in [1.54, 1.807) is 0 Å². The number of halogens is 1. The first-order chi connectivity index (χ1) is 11.4. The lowest BCUT2D eigenvalue weighted by molar-refractivity contribution is -0.00000471. The standard InChI is InChI=1S/C21H19NP.BrH/c22-17-10-18-23(19-11-4-1-5-12-19,20-13-6-2-7-14-20)21-15-8-3-9-16-21;/h1-9,11-16H,10,18H2;1H/q+1;/p-1/i17-1;. The molecule has 3 aromatic carbocycles. The van der Waals surface area contributed by atoms with E-state index in [4.69, 9.17) is 0 Å². The van der Waals surface area contributed by atoms with Gasteiger partial charge in [0.15, 0.2) is 0 Å². The van der Waals surface area contributed by atoms with Crippen molar-refractivity contribution in [1.29, 1.82) is 5.26 Å². The van der Waals surface area contributed by atoms with E-state index in [0.717, 1.165) is 6.16 Å². The molecule has 3 rings (SSSR count). The highest BCUT2D eigenvalue weighted by molar-refractivity contribution is 7.95. The molecule has 0 N–H and O–H groups in total. The summed E-state index contributed by atoms with van der Waals surface area (Å²) in [7, 11) is -1.79. The number of nitriles is 1. The molecule has 0 radical (unpaired) electrons. The van der Waals surface area contributed by atoms with Crippen LogP contribution in [0.25, 0.3) is 0 Å². The van der Waals surface area contributed by atoms with Crippen LogP contribution >= 0.6 is 7.26 Å². The molecule has 0 unspecified atom stereocenters. The summed E-state index contributed by atoms with van der Waals surface area (Å²) in [5, 5.41) is 13.3. The van der Waals surface area contributed by atoms with Gasteiger partial charge in [0, 0.05) is 0 Å². The quantitative estimate of drug-likeness (QED) is 0.589. The normalized spacial score (nSPS) is 10.5. The minimum atomic E-state index is -1.79. The van der Waals surface area contributed by atoms with Crippen molar-refractivity contribution >= 4 is 23.2 Å². The van der Waals surface area contributed by atoms with Gasteiger partial charge in [-0.05, 0) is 36.4 Å². The number of rotatable bonds is 5. The van der Waals surface area contributed by atoms with E-state index in [1.165, 1.54) is 15.9 Å². The third kappa shape index (κ3) is 3.59. The number of hydrogen-bond acceptors (Lipinski definition) is 1. The molecular formula is C21H19BrNP. The van der Waals surface area contributed by atoms with Gasteiger partial charge in [-0.25, -0.2) is 0 Å². The molecule has 0 atom stereocenters. The molecule has 0 bridgehead atoms. The Morgan fingerprint density at radius 3 is 1.25 bits per heavy atom. The second-order valence-electron chi connectivity index (χ2n) is 5.45. The summed E-state index contributed by atoms with van der Waals surface area (Å²) in [4.78, 5) is 0. The van der Waals surface area contributed by atoms with Crippen molar-refractivity contribution in [2.45, 2.75) is 6.42 Å². The molecule has 0 aliphatic rings. The highest BCUT2D eigenvalue weighted by Crippen LogP contribution is 2.55. The fourth-order valence-corrected chi connectivity index (χ4v) is 7.25. The van der Waals surface area contributed by atoms with Gasteiger partial charge in [0.25, 0.3) is 0 Å². The Balaban J connectivity index is 0.00000208. The van der Waals surface area contributed by atoms with Crippen LogP contribution in [0.15, 0.2) is 91.0 Å². The molecular weight excluding hydrogens is 376 g/mol. The Morgan fingerprint density at radius 2 is 0.958 bits per heavy atom. The van der Waals surface area contributed by atoms with Gasteiger partial charge in [0.05, 0.1) is 18.7 Å². The Hall–Kier alpha value is -1.94. The molecule has 1 nitrogen and oxygen atoms in total. The first-order valence-electron chi connectivity index (χ1n) is 7.80. The van der Waals surface area contributed by atoms with Crippen molar-refractivity contribution in [3.05, 3.63) is 91.0 Å². The topological polar surface area (TPSA) is 23.8 Å². The van der Waals surface area contributed by atoms with E-state index in [2.05, 4.69) is 97.1 Å². The Morgan fingerprint density at radius 1 is 0.625 bits per heavy atom. The average molecular weight is 395 g/mol. The lowest BCUT2D eigenvalue weighted by Crippen LogP contribution is -3.00. The van der Waals surface area contributed by atoms with Crippen LogP contribution in [-0.2, 0) is 0 Å². The molecule has 24 heavy (non-hydrogen) atoms. The molecule has 0 aliphatic heterocycles. The molecule has 0 aliphatic carbocycles. The average Bonchev–Trinajstić information content (AvgIpc) is 2.65. The SMILES string of the molecule is N#[11C]CC[P+](c1ccccc1)(c1ccccc1)c1ccccc1.[Br-]. The molecule has 0 heterocycles. The Kier molecular flexibility index (Phi) is 6.73. The zero-order valence-electron chi connectivity index (χ0n) is 13.3. The fourth-order valence-electron chi connectivity index (χ4n) is 3.10. The first kappa shape index (κ1) is 18.4. The second kappa shape index (κ2) is 8.78. The van der Waals surface area contributed by atoms with Gasteiger partial charge in [-0.2, -0.15) is 5.26 Å². The maximum atomic E-state index is 9.24. The van der Waals surface area contributed by atoms with E-state index in [1.807, 2.05) is 0 Å². The second-order valence-corrected chi connectivity index (χ2v) is 9.06. The summed E-state index contributed by atoms with van der Waals surface area (Å²) in [5.41, 5.74) is 0. The molecule has 120 valence electrons. The van der Waals surface area contributed by atoms with Crippen LogP contribution in [0.5, 0.6) is 0 Å². The largest absolute Gasteiger partial charge is 1.00 e. The van der Waals surface area contributed by atoms with Crippen LogP contribution in [0.3, 0.4) is 0 Å². The summed E-state index contributed by atoms with van der Waals surface area (Å²) in [6.45, 7) is 0. The molecule has 0 spiro atoms. The summed E-state index contributed by atoms with van der Waals surface area (Å²) in [5.74, 6) is 0. The van der Waals surface area contributed by atoms with Crippen molar-refractivity contribution in [2.75, 3.05) is 6.16 Å². The van der Waals surface area contributed by atoms with Crippen molar-refractivity contribution in [1.82, 2.24) is 0 Å². The Bertz CT molecular complexity index is 686. The van der Waals surface area contributed by atoms with Gasteiger partial charge >= 0.3 is 0 Å². The monoisotopic (exact) mass is 394 g/mol. The van der Waals surface area contributed by atoms with Gasteiger partial charge < -0.3 is 17.0 Å². The van der Waals surface area contributed by atoms with E-state index in [9.17, 15) is 5.26 Å². The number of nitrogens with zero attached hydrogens (tertiary/aromatic N) is 1. The lowest BCUT2D eigenvalue weighted by Gasteiger charge is -2.26.